The van der Waals surface area contributed by atoms with Crippen LogP contribution in [0.5, 0.6) is 0 Å². The van der Waals surface area contributed by atoms with Crippen molar-refractivity contribution in [3.63, 3.8) is 0 Å². The first-order valence-electron chi connectivity index (χ1n) is 12.1. The lowest BCUT2D eigenvalue weighted by atomic mass is 10.2. The van der Waals surface area contributed by atoms with Crippen molar-refractivity contribution in [3.05, 3.63) is 90.0 Å². The van der Waals surface area contributed by atoms with E-state index in [9.17, 15) is 9.59 Å². The summed E-state index contributed by atoms with van der Waals surface area (Å²) in [6.45, 7) is 7.87. The number of carbonyl (C=O) groups is 2. The summed E-state index contributed by atoms with van der Waals surface area (Å²) in [6, 6.07) is 24.5. The van der Waals surface area contributed by atoms with Crippen LogP contribution >= 0.6 is 0 Å². The highest BCUT2D eigenvalue weighted by atomic mass is 16.2. The molecule has 1 heterocycles. The molecule has 0 radical (unpaired) electrons. The summed E-state index contributed by atoms with van der Waals surface area (Å²) in [5.74, 6) is -0.102. The Hall–Kier alpha value is -3.84. The number of carbonyl (C=O) groups excluding carboxylic acids is 2. The molecule has 0 atom stereocenters. The van der Waals surface area contributed by atoms with Crippen molar-refractivity contribution < 1.29 is 9.59 Å². The summed E-state index contributed by atoms with van der Waals surface area (Å²) in [6.07, 6.45) is 0.912. The normalized spacial score (nSPS) is 13.8. The third-order valence-corrected chi connectivity index (χ3v) is 6.11. The maximum Gasteiger partial charge on any atom is 0.323 e. The number of urea groups is 1. The minimum Gasteiger partial charge on any atom is -0.369 e. The third-order valence-electron chi connectivity index (χ3n) is 6.11. The first-order chi connectivity index (χ1) is 17.1. The summed E-state index contributed by atoms with van der Waals surface area (Å²) < 4.78 is 0. The van der Waals surface area contributed by atoms with Crippen LogP contribution in [0.4, 0.5) is 21.9 Å². The molecular weight excluding hydrogens is 438 g/mol. The second-order valence-electron chi connectivity index (χ2n) is 8.80. The molecule has 0 saturated carbocycles. The summed E-state index contributed by atoms with van der Waals surface area (Å²) in [5.41, 5.74) is 4.51. The first-order valence-corrected chi connectivity index (χ1v) is 12.1. The molecule has 182 valence electrons. The van der Waals surface area contributed by atoms with Gasteiger partial charge in [0.25, 0.3) is 5.91 Å². The van der Waals surface area contributed by atoms with Gasteiger partial charge in [-0.1, -0.05) is 30.3 Å². The molecule has 1 saturated heterocycles. The molecule has 0 spiro atoms. The van der Waals surface area contributed by atoms with E-state index in [1.807, 2.05) is 30.3 Å². The smallest absolute Gasteiger partial charge is 0.323 e. The van der Waals surface area contributed by atoms with E-state index in [1.54, 1.807) is 24.3 Å². The molecule has 4 rings (SSSR count). The second-order valence-corrected chi connectivity index (χ2v) is 8.80. The molecular formula is C28H33N5O2. The lowest BCUT2D eigenvalue weighted by Gasteiger charge is -2.36. The van der Waals surface area contributed by atoms with Crippen molar-refractivity contribution >= 4 is 29.0 Å². The Morgan fingerprint density at radius 3 is 2.17 bits per heavy atom. The molecule has 7 nitrogen and oxygen atoms in total. The van der Waals surface area contributed by atoms with Crippen LogP contribution in [0.3, 0.4) is 0 Å². The van der Waals surface area contributed by atoms with Crippen LogP contribution in [0, 0.1) is 6.92 Å². The number of anilines is 3. The maximum atomic E-state index is 12.5. The zero-order valence-electron chi connectivity index (χ0n) is 20.2. The lowest BCUT2D eigenvalue weighted by Crippen LogP contribution is -2.47. The standard InChI is InChI=1S/C28H33N5O2/c1-22-7-5-10-26(21-22)33-19-17-32(18-20-33)16-6-15-29-27(34)23-11-13-25(14-12-23)31-28(35)30-24-8-3-2-4-9-24/h2-5,7-14,21H,6,15-20H2,1H3,(H,29,34)(H2,30,31,35). The SMILES string of the molecule is Cc1cccc(N2CCN(CCCNC(=O)c3ccc(NC(=O)Nc4ccccc4)cc3)CC2)c1. The fourth-order valence-corrected chi connectivity index (χ4v) is 4.18. The average molecular weight is 472 g/mol. The van der Waals surface area contributed by atoms with Gasteiger partial charge < -0.3 is 20.9 Å². The Morgan fingerprint density at radius 1 is 0.800 bits per heavy atom. The predicted molar refractivity (Wildman–Crippen MR) is 142 cm³/mol. The van der Waals surface area contributed by atoms with Gasteiger partial charge >= 0.3 is 6.03 Å². The van der Waals surface area contributed by atoms with E-state index in [0.717, 1.165) is 39.1 Å². The number of para-hydroxylation sites is 1. The van der Waals surface area contributed by atoms with E-state index >= 15 is 0 Å². The molecule has 0 bridgehead atoms. The summed E-state index contributed by atoms with van der Waals surface area (Å²) in [5, 5.41) is 8.53. The average Bonchev–Trinajstić information content (AvgIpc) is 2.88. The van der Waals surface area contributed by atoms with Gasteiger partial charge in [-0.2, -0.15) is 0 Å². The molecule has 1 fully saturated rings. The highest BCUT2D eigenvalue weighted by Crippen LogP contribution is 2.18. The number of piperazine rings is 1. The first kappa shape index (κ1) is 24.3. The van der Waals surface area contributed by atoms with E-state index < -0.39 is 0 Å². The Morgan fingerprint density at radius 2 is 1.49 bits per heavy atom. The minimum atomic E-state index is -0.326. The number of rotatable bonds is 8. The largest absolute Gasteiger partial charge is 0.369 e. The molecule has 0 aliphatic carbocycles. The molecule has 3 aromatic carbocycles. The van der Waals surface area contributed by atoms with Crippen LogP contribution < -0.4 is 20.9 Å². The molecule has 0 aromatic heterocycles. The van der Waals surface area contributed by atoms with Gasteiger partial charge in [0, 0.05) is 55.3 Å². The quantitative estimate of drug-likeness (QED) is 0.420. The van der Waals surface area contributed by atoms with Gasteiger partial charge in [-0.25, -0.2) is 4.79 Å². The molecule has 1 aliphatic rings. The topological polar surface area (TPSA) is 76.7 Å². The number of benzene rings is 3. The van der Waals surface area contributed by atoms with E-state index in [0.29, 0.717) is 23.5 Å². The Labute approximate surface area is 207 Å². The molecule has 3 aromatic rings. The third kappa shape index (κ3) is 7.32. The van der Waals surface area contributed by atoms with Gasteiger partial charge in [-0.15, -0.1) is 0 Å². The number of nitrogens with zero attached hydrogens (tertiary/aromatic N) is 2. The van der Waals surface area contributed by atoms with Crippen molar-refractivity contribution in [2.75, 3.05) is 54.8 Å². The van der Waals surface area contributed by atoms with Gasteiger partial charge in [-0.05, 0) is 74.0 Å². The van der Waals surface area contributed by atoms with Gasteiger partial charge in [0.1, 0.15) is 0 Å². The fraction of sp³-hybridized carbons (Fsp3) is 0.286. The second kappa shape index (κ2) is 12.0. The number of aryl methyl sites for hydroxylation is 1. The van der Waals surface area contributed by atoms with E-state index in [2.05, 4.69) is 56.9 Å². The number of nitrogens with one attached hydrogen (secondary N) is 3. The summed E-state index contributed by atoms with van der Waals surface area (Å²) >= 11 is 0. The van der Waals surface area contributed by atoms with E-state index in [1.165, 1.54) is 11.3 Å². The van der Waals surface area contributed by atoms with Crippen molar-refractivity contribution in [2.45, 2.75) is 13.3 Å². The Balaban J connectivity index is 1.13. The minimum absolute atomic E-state index is 0.102. The van der Waals surface area contributed by atoms with Crippen LogP contribution in [-0.4, -0.2) is 56.1 Å². The molecule has 1 aliphatic heterocycles. The highest BCUT2D eigenvalue weighted by Gasteiger charge is 2.17. The van der Waals surface area contributed by atoms with E-state index in [4.69, 9.17) is 0 Å². The zero-order valence-corrected chi connectivity index (χ0v) is 20.2. The van der Waals surface area contributed by atoms with Crippen LogP contribution in [0.2, 0.25) is 0 Å². The Bertz CT molecular complexity index is 1110. The zero-order chi connectivity index (χ0) is 24.5. The predicted octanol–water partition coefficient (Wildman–Crippen LogP) is 4.58. The van der Waals surface area contributed by atoms with Crippen molar-refractivity contribution in [3.8, 4) is 0 Å². The van der Waals surface area contributed by atoms with Crippen LogP contribution in [0.1, 0.15) is 22.3 Å². The summed E-state index contributed by atoms with van der Waals surface area (Å²) in [4.78, 5) is 29.5. The van der Waals surface area contributed by atoms with Gasteiger partial charge in [0.05, 0.1) is 0 Å². The Kier molecular flexibility index (Phi) is 8.35. The van der Waals surface area contributed by atoms with Crippen LogP contribution in [-0.2, 0) is 0 Å². The number of hydrogen-bond donors (Lipinski definition) is 3. The van der Waals surface area contributed by atoms with Crippen molar-refractivity contribution in [2.24, 2.45) is 0 Å². The van der Waals surface area contributed by atoms with Gasteiger partial charge in [-0.3, -0.25) is 9.69 Å². The van der Waals surface area contributed by atoms with Crippen LogP contribution in [0.15, 0.2) is 78.9 Å². The fourth-order valence-electron chi connectivity index (χ4n) is 4.18. The maximum absolute atomic E-state index is 12.5. The molecule has 7 heteroatoms. The number of hydrogen-bond acceptors (Lipinski definition) is 4. The van der Waals surface area contributed by atoms with Crippen molar-refractivity contribution in [1.82, 2.24) is 10.2 Å². The monoisotopic (exact) mass is 471 g/mol. The number of amides is 3. The lowest BCUT2D eigenvalue weighted by molar-refractivity contribution is 0.0951. The molecule has 3 amide bonds. The summed E-state index contributed by atoms with van der Waals surface area (Å²) in [7, 11) is 0. The van der Waals surface area contributed by atoms with E-state index in [-0.39, 0.29) is 11.9 Å². The van der Waals surface area contributed by atoms with Gasteiger partial charge in [0.2, 0.25) is 0 Å². The molecule has 35 heavy (non-hydrogen) atoms. The molecule has 3 N–H and O–H groups in total. The molecule has 0 unspecified atom stereocenters. The van der Waals surface area contributed by atoms with Crippen LogP contribution in [0.25, 0.3) is 0 Å². The highest BCUT2D eigenvalue weighted by molar-refractivity contribution is 6.00. The van der Waals surface area contributed by atoms with Gasteiger partial charge in [0.15, 0.2) is 0 Å². The van der Waals surface area contributed by atoms with Crippen molar-refractivity contribution in [1.29, 1.82) is 0 Å².